The molecular formula is C15H16ClN3O. The van der Waals surface area contributed by atoms with Crippen LogP contribution in [0.1, 0.15) is 19.3 Å². The third-order valence-corrected chi connectivity index (χ3v) is 4.21. The molecule has 0 bridgehead atoms. The fraction of sp³-hybridized carbons (Fsp3) is 0.333. The van der Waals surface area contributed by atoms with Gasteiger partial charge in [-0.25, -0.2) is 0 Å². The summed E-state index contributed by atoms with van der Waals surface area (Å²) in [6.45, 7) is 0. The van der Waals surface area contributed by atoms with E-state index in [1.54, 1.807) is 18.3 Å². The van der Waals surface area contributed by atoms with E-state index in [0.717, 1.165) is 24.6 Å². The van der Waals surface area contributed by atoms with Crippen LogP contribution in [0.2, 0.25) is 5.02 Å². The van der Waals surface area contributed by atoms with Gasteiger partial charge in [0.2, 0.25) is 5.91 Å². The van der Waals surface area contributed by atoms with Gasteiger partial charge in [-0.1, -0.05) is 18.0 Å². The van der Waals surface area contributed by atoms with Gasteiger partial charge < -0.3 is 11.1 Å². The van der Waals surface area contributed by atoms with Crippen molar-refractivity contribution in [2.24, 2.45) is 11.7 Å². The van der Waals surface area contributed by atoms with Gasteiger partial charge in [-0.2, -0.15) is 0 Å². The van der Waals surface area contributed by atoms with Crippen molar-refractivity contribution in [3.05, 3.63) is 35.5 Å². The van der Waals surface area contributed by atoms with Crippen LogP contribution in [0.5, 0.6) is 0 Å². The number of halogens is 1. The lowest BCUT2D eigenvalue weighted by Crippen LogP contribution is -2.34. The zero-order valence-corrected chi connectivity index (χ0v) is 11.7. The highest BCUT2D eigenvalue weighted by molar-refractivity contribution is 6.35. The number of nitrogens with one attached hydrogen (secondary N) is 1. The maximum atomic E-state index is 12.3. The van der Waals surface area contributed by atoms with Crippen molar-refractivity contribution in [3.63, 3.8) is 0 Å². The number of amides is 1. The molecule has 0 radical (unpaired) electrons. The van der Waals surface area contributed by atoms with Gasteiger partial charge in [0.05, 0.1) is 22.1 Å². The highest BCUT2D eigenvalue weighted by Crippen LogP contribution is 2.30. The second kappa shape index (κ2) is 5.38. The van der Waals surface area contributed by atoms with E-state index in [0.29, 0.717) is 16.2 Å². The quantitative estimate of drug-likeness (QED) is 0.893. The van der Waals surface area contributed by atoms with Crippen molar-refractivity contribution < 1.29 is 4.79 Å². The molecule has 3 N–H and O–H groups in total. The number of hydrogen-bond acceptors (Lipinski definition) is 3. The van der Waals surface area contributed by atoms with Crippen LogP contribution in [0, 0.1) is 5.92 Å². The number of aromatic nitrogens is 1. The average Bonchev–Trinajstić information content (AvgIpc) is 2.88. The van der Waals surface area contributed by atoms with Crippen LogP contribution in [0.4, 0.5) is 5.69 Å². The SMILES string of the molecule is NC1CCCC1C(=O)Nc1ccc(Cl)c2cccnc12. The Labute approximate surface area is 122 Å². The molecule has 4 nitrogen and oxygen atoms in total. The molecule has 1 aliphatic rings. The van der Waals surface area contributed by atoms with E-state index in [9.17, 15) is 4.79 Å². The predicted molar refractivity (Wildman–Crippen MR) is 80.7 cm³/mol. The second-order valence-corrected chi connectivity index (χ2v) is 5.59. The van der Waals surface area contributed by atoms with Gasteiger partial charge >= 0.3 is 0 Å². The number of rotatable bonds is 2. The second-order valence-electron chi connectivity index (χ2n) is 5.19. The van der Waals surface area contributed by atoms with Gasteiger partial charge in [-0.15, -0.1) is 0 Å². The average molecular weight is 290 g/mol. The number of pyridine rings is 1. The monoisotopic (exact) mass is 289 g/mol. The van der Waals surface area contributed by atoms with E-state index in [2.05, 4.69) is 10.3 Å². The zero-order valence-electron chi connectivity index (χ0n) is 11.0. The van der Waals surface area contributed by atoms with Gasteiger partial charge in [0.15, 0.2) is 0 Å². The van der Waals surface area contributed by atoms with Crippen LogP contribution in [-0.2, 0) is 4.79 Å². The lowest BCUT2D eigenvalue weighted by molar-refractivity contribution is -0.120. The molecule has 0 spiro atoms. The highest BCUT2D eigenvalue weighted by Gasteiger charge is 2.30. The van der Waals surface area contributed by atoms with Crippen molar-refractivity contribution >= 4 is 34.1 Å². The number of hydrogen-bond donors (Lipinski definition) is 2. The van der Waals surface area contributed by atoms with Crippen LogP contribution >= 0.6 is 11.6 Å². The van der Waals surface area contributed by atoms with Gasteiger partial charge in [0.1, 0.15) is 0 Å². The largest absolute Gasteiger partial charge is 0.327 e. The molecule has 1 fully saturated rings. The number of carbonyl (C=O) groups is 1. The van der Waals surface area contributed by atoms with Crippen molar-refractivity contribution in [1.29, 1.82) is 0 Å². The minimum atomic E-state index is -0.107. The molecule has 104 valence electrons. The molecule has 1 aliphatic carbocycles. The van der Waals surface area contributed by atoms with Crippen molar-refractivity contribution in [1.82, 2.24) is 4.98 Å². The normalized spacial score (nSPS) is 22.1. The van der Waals surface area contributed by atoms with Gasteiger partial charge in [0.25, 0.3) is 0 Å². The Morgan fingerprint density at radius 1 is 1.35 bits per heavy atom. The first-order valence-corrected chi connectivity index (χ1v) is 7.14. The van der Waals surface area contributed by atoms with Crippen LogP contribution in [0.3, 0.4) is 0 Å². The van der Waals surface area contributed by atoms with Crippen LogP contribution in [-0.4, -0.2) is 16.9 Å². The number of benzene rings is 1. The summed E-state index contributed by atoms with van der Waals surface area (Å²) < 4.78 is 0. The van der Waals surface area contributed by atoms with E-state index in [-0.39, 0.29) is 17.9 Å². The van der Waals surface area contributed by atoms with Crippen molar-refractivity contribution in [2.45, 2.75) is 25.3 Å². The zero-order chi connectivity index (χ0) is 14.1. The lowest BCUT2D eigenvalue weighted by atomic mass is 10.0. The summed E-state index contributed by atoms with van der Waals surface area (Å²) in [6.07, 6.45) is 4.47. The number of fused-ring (bicyclic) bond motifs is 1. The Balaban J connectivity index is 1.91. The van der Waals surface area contributed by atoms with Crippen LogP contribution < -0.4 is 11.1 Å². The molecule has 20 heavy (non-hydrogen) atoms. The van der Waals surface area contributed by atoms with Gasteiger partial charge in [0, 0.05) is 17.6 Å². The fourth-order valence-corrected chi connectivity index (χ4v) is 2.99. The summed E-state index contributed by atoms with van der Waals surface area (Å²) in [7, 11) is 0. The smallest absolute Gasteiger partial charge is 0.229 e. The van der Waals surface area contributed by atoms with Gasteiger partial charge in [-0.3, -0.25) is 9.78 Å². The summed E-state index contributed by atoms with van der Waals surface area (Å²) in [4.78, 5) is 16.6. The molecular weight excluding hydrogens is 274 g/mol. The van der Waals surface area contributed by atoms with Crippen molar-refractivity contribution in [2.75, 3.05) is 5.32 Å². The molecule has 2 atom stereocenters. The molecule has 1 heterocycles. The molecule has 3 rings (SSSR count). The summed E-state index contributed by atoms with van der Waals surface area (Å²) >= 11 is 6.14. The molecule has 1 saturated carbocycles. The Hall–Kier alpha value is -1.65. The molecule has 0 aliphatic heterocycles. The standard InChI is InChI=1S/C15H16ClN3O/c16-11-6-7-13(14-9(11)4-2-8-18-14)19-15(20)10-3-1-5-12(10)17/h2,4,6-8,10,12H,1,3,5,17H2,(H,19,20). The van der Waals surface area contributed by atoms with Gasteiger partial charge in [-0.05, 0) is 37.1 Å². The number of nitrogens with two attached hydrogens (primary N) is 1. The van der Waals surface area contributed by atoms with E-state index in [4.69, 9.17) is 17.3 Å². The topological polar surface area (TPSA) is 68.0 Å². The highest BCUT2D eigenvalue weighted by atomic mass is 35.5. The third-order valence-electron chi connectivity index (χ3n) is 3.88. The van der Waals surface area contributed by atoms with E-state index in [1.807, 2.05) is 12.1 Å². The summed E-state index contributed by atoms with van der Waals surface area (Å²) in [5, 5.41) is 4.41. The fourth-order valence-electron chi connectivity index (χ4n) is 2.78. The first-order valence-electron chi connectivity index (χ1n) is 6.76. The lowest BCUT2D eigenvalue weighted by Gasteiger charge is -2.16. The first-order chi connectivity index (χ1) is 9.66. The van der Waals surface area contributed by atoms with Crippen LogP contribution in [0.25, 0.3) is 10.9 Å². The van der Waals surface area contributed by atoms with E-state index >= 15 is 0 Å². The summed E-state index contributed by atoms with van der Waals surface area (Å²) in [6, 6.07) is 7.24. The van der Waals surface area contributed by atoms with E-state index in [1.165, 1.54) is 0 Å². The Morgan fingerprint density at radius 3 is 2.95 bits per heavy atom. The third kappa shape index (κ3) is 2.37. The minimum Gasteiger partial charge on any atom is -0.327 e. The number of nitrogens with zero attached hydrogens (tertiary/aromatic N) is 1. The number of anilines is 1. The molecule has 0 saturated heterocycles. The minimum absolute atomic E-state index is 0.0238. The first kappa shape index (κ1) is 13.3. The summed E-state index contributed by atoms with van der Waals surface area (Å²) in [5.74, 6) is -0.131. The number of carbonyl (C=O) groups excluding carboxylic acids is 1. The maximum absolute atomic E-state index is 12.3. The van der Waals surface area contributed by atoms with Crippen molar-refractivity contribution in [3.8, 4) is 0 Å². The Morgan fingerprint density at radius 2 is 2.20 bits per heavy atom. The maximum Gasteiger partial charge on any atom is 0.229 e. The Kier molecular flexibility index (Phi) is 3.59. The molecule has 2 aromatic rings. The molecule has 1 amide bonds. The summed E-state index contributed by atoms with van der Waals surface area (Å²) in [5.41, 5.74) is 7.37. The molecule has 1 aromatic carbocycles. The van der Waals surface area contributed by atoms with E-state index < -0.39 is 0 Å². The predicted octanol–water partition coefficient (Wildman–Crippen LogP) is 2.95. The molecule has 1 aromatic heterocycles. The Bertz CT molecular complexity index is 659. The van der Waals surface area contributed by atoms with Crippen LogP contribution in [0.15, 0.2) is 30.5 Å². The molecule has 5 heteroatoms. The molecule has 2 unspecified atom stereocenters.